The van der Waals surface area contributed by atoms with E-state index in [9.17, 15) is 4.79 Å². The van der Waals surface area contributed by atoms with Crippen molar-refractivity contribution < 1.29 is 14.3 Å². The maximum atomic E-state index is 10.1. The highest BCUT2D eigenvalue weighted by Crippen LogP contribution is 2.18. The molecule has 0 bridgehead atoms. The average molecular weight is 261 g/mol. The van der Waals surface area contributed by atoms with Crippen LogP contribution in [0, 0.1) is 0 Å². The van der Waals surface area contributed by atoms with Gasteiger partial charge in [-0.1, -0.05) is 6.58 Å². The Bertz CT molecular complexity index is 433. The fraction of sp³-hybridized carbons (Fsp3) is 0.400. The quantitative estimate of drug-likeness (QED) is 0.294. The Morgan fingerprint density at radius 1 is 1.26 bits per heavy atom. The molecule has 1 aromatic rings. The van der Waals surface area contributed by atoms with Gasteiger partial charge in [-0.15, -0.1) is 0 Å². The first-order valence-corrected chi connectivity index (χ1v) is 6.28. The molecule has 102 valence electrons. The van der Waals surface area contributed by atoms with E-state index in [-0.39, 0.29) is 0 Å². The van der Waals surface area contributed by atoms with Gasteiger partial charge in [-0.2, -0.15) is 4.99 Å². The van der Waals surface area contributed by atoms with Gasteiger partial charge in [-0.3, -0.25) is 0 Å². The summed E-state index contributed by atoms with van der Waals surface area (Å²) in [4.78, 5) is 13.6. The molecule has 0 atom stereocenters. The van der Waals surface area contributed by atoms with E-state index in [4.69, 9.17) is 9.47 Å². The predicted octanol–water partition coefficient (Wildman–Crippen LogP) is 3.75. The second-order valence-corrected chi connectivity index (χ2v) is 4.10. The Balaban J connectivity index is 2.15. The monoisotopic (exact) mass is 261 g/mol. The molecule has 0 amide bonds. The highest BCUT2D eigenvalue weighted by molar-refractivity contribution is 5.49. The number of hydrogen-bond acceptors (Lipinski definition) is 4. The van der Waals surface area contributed by atoms with Crippen molar-refractivity contribution in [1.29, 1.82) is 0 Å². The van der Waals surface area contributed by atoms with Crippen LogP contribution >= 0.6 is 0 Å². The molecule has 4 heteroatoms. The molecule has 0 aliphatic rings. The summed E-state index contributed by atoms with van der Waals surface area (Å²) >= 11 is 0. The lowest BCUT2D eigenvalue weighted by Gasteiger charge is -2.06. The molecule has 0 aromatic heterocycles. The number of rotatable bonds is 9. The van der Waals surface area contributed by atoms with Crippen molar-refractivity contribution in [3.05, 3.63) is 36.6 Å². The first kappa shape index (κ1) is 15.0. The minimum Gasteiger partial charge on any atom is -0.502 e. The Morgan fingerprint density at radius 2 is 2.00 bits per heavy atom. The zero-order chi connectivity index (χ0) is 13.9. The van der Waals surface area contributed by atoms with E-state index < -0.39 is 0 Å². The summed E-state index contributed by atoms with van der Waals surface area (Å²) in [6.45, 7) is 4.45. The van der Waals surface area contributed by atoms with Crippen molar-refractivity contribution in [2.75, 3.05) is 13.7 Å². The number of hydrogen-bond donors (Lipinski definition) is 0. The van der Waals surface area contributed by atoms with Crippen molar-refractivity contribution in [3.8, 4) is 5.75 Å². The van der Waals surface area contributed by atoms with Crippen LogP contribution in [-0.2, 0) is 9.53 Å². The number of methoxy groups -OCH3 is 1. The lowest BCUT2D eigenvalue weighted by molar-refractivity contribution is 0.271. The maximum Gasteiger partial charge on any atom is 0.240 e. The number of nitrogens with zero attached hydrogens (tertiary/aromatic N) is 1. The molecule has 0 fully saturated rings. The molecule has 0 N–H and O–H groups in total. The van der Waals surface area contributed by atoms with Crippen LogP contribution in [0.4, 0.5) is 5.69 Å². The van der Waals surface area contributed by atoms with Crippen LogP contribution in [0.2, 0.25) is 0 Å². The minimum atomic E-state index is 0.584. The fourth-order valence-electron chi connectivity index (χ4n) is 1.56. The van der Waals surface area contributed by atoms with Gasteiger partial charge in [-0.25, -0.2) is 4.79 Å². The fourth-order valence-corrected chi connectivity index (χ4v) is 1.56. The van der Waals surface area contributed by atoms with Gasteiger partial charge >= 0.3 is 0 Å². The summed E-state index contributed by atoms with van der Waals surface area (Å²) in [6.07, 6.45) is 5.53. The molecule has 0 saturated carbocycles. The highest BCUT2D eigenvalue weighted by Gasteiger charge is 1.96. The third-order valence-corrected chi connectivity index (χ3v) is 2.67. The van der Waals surface area contributed by atoms with Crippen LogP contribution in [-0.4, -0.2) is 19.8 Å². The van der Waals surface area contributed by atoms with Gasteiger partial charge < -0.3 is 9.47 Å². The van der Waals surface area contributed by atoms with Gasteiger partial charge in [-0.05, 0) is 43.5 Å². The molecule has 0 unspecified atom stereocenters. The molecule has 1 aromatic carbocycles. The number of carbonyl (C=O) groups excluding carboxylic acids is 1. The van der Waals surface area contributed by atoms with Crippen molar-refractivity contribution >= 4 is 11.8 Å². The largest absolute Gasteiger partial charge is 0.502 e. The Hall–Kier alpha value is -2.06. The lowest BCUT2D eigenvalue weighted by Crippen LogP contribution is -1.97. The summed E-state index contributed by atoms with van der Waals surface area (Å²) in [5.41, 5.74) is 0.584. The van der Waals surface area contributed by atoms with Crippen molar-refractivity contribution in [2.45, 2.75) is 25.7 Å². The average Bonchev–Trinajstić information content (AvgIpc) is 2.44. The van der Waals surface area contributed by atoms with Gasteiger partial charge in [0.25, 0.3) is 0 Å². The number of isocyanates is 1. The molecular formula is C15H19NO3. The maximum absolute atomic E-state index is 10.1. The van der Waals surface area contributed by atoms with Gasteiger partial charge in [0.15, 0.2) is 0 Å². The molecule has 4 nitrogen and oxygen atoms in total. The van der Waals surface area contributed by atoms with Gasteiger partial charge in [0, 0.05) is 6.42 Å². The molecule has 0 spiro atoms. The van der Waals surface area contributed by atoms with Crippen molar-refractivity contribution in [3.63, 3.8) is 0 Å². The Kier molecular flexibility index (Phi) is 7.06. The smallest absolute Gasteiger partial charge is 0.240 e. The summed E-state index contributed by atoms with van der Waals surface area (Å²) < 4.78 is 10.6. The van der Waals surface area contributed by atoms with Crippen LogP contribution in [0.5, 0.6) is 5.75 Å². The van der Waals surface area contributed by atoms with Crippen LogP contribution in [0.15, 0.2) is 41.6 Å². The van der Waals surface area contributed by atoms with Crippen molar-refractivity contribution in [2.24, 2.45) is 4.99 Å². The van der Waals surface area contributed by atoms with Crippen molar-refractivity contribution in [1.82, 2.24) is 0 Å². The molecular weight excluding hydrogens is 242 g/mol. The summed E-state index contributed by atoms with van der Waals surface area (Å²) in [6, 6.07) is 7.04. The number of ether oxygens (including phenoxy) is 2. The second-order valence-electron chi connectivity index (χ2n) is 4.10. The van der Waals surface area contributed by atoms with E-state index in [1.165, 1.54) is 6.08 Å². The molecule has 1 rings (SSSR count). The van der Waals surface area contributed by atoms with Crippen LogP contribution in [0.1, 0.15) is 25.7 Å². The Morgan fingerprint density at radius 3 is 2.63 bits per heavy atom. The standard InChI is InChI=1S/C15H19NO3/c1-13(18-2)6-4-3-5-11-19-15-9-7-14(8-10-15)16-12-17/h7-10H,1,3-6,11H2,2H3. The summed E-state index contributed by atoms with van der Waals surface area (Å²) in [5.74, 6) is 1.61. The predicted molar refractivity (Wildman–Crippen MR) is 74.3 cm³/mol. The topological polar surface area (TPSA) is 47.9 Å². The molecule has 0 saturated heterocycles. The van der Waals surface area contributed by atoms with Crippen LogP contribution < -0.4 is 4.74 Å². The minimum absolute atomic E-state index is 0.584. The van der Waals surface area contributed by atoms with Gasteiger partial charge in [0.2, 0.25) is 6.08 Å². The lowest BCUT2D eigenvalue weighted by atomic mass is 10.2. The van der Waals surface area contributed by atoms with Gasteiger partial charge in [0.05, 0.1) is 25.2 Å². The number of aliphatic imine (C=N–C) groups is 1. The highest BCUT2D eigenvalue weighted by atomic mass is 16.5. The number of allylic oxidation sites excluding steroid dienone is 1. The van der Waals surface area contributed by atoms with Crippen LogP contribution in [0.25, 0.3) is 0 Å². The molecule has 19 heavy (non-hydrogen) atoms. The van der Waals surface area contributed by atoms with Gasteiger partial charge in [0.1, 0.15) is 5.75 Å². The summed E-state index contributed by atoms with van der Waals surface area (Å²) in [5, 5.41) is 0. The van der Waals surface area contributed by atoms with Crippen LogP contribution in [0.3, 0.4) is 0 Å². The van der Waals surface area contributed by atoms with E-state index in [1.807, 2.05) is 0 Å². The first-order valence-electron chi connectivity index (χ1n) is 6.28. The van der Waals surface area contributed by atoms with E-state index in [1.54, 1.807) is 31.4 Å². The molecule has 0 heterocycles. The molecule has 0 radical (unpaired) electrons. The Labute approximate surface area is 113 Å². The number of benzene rings is 1. The second kappa shape index (κ2) is 8.95. The van der Waals surface area contributed by atoms with E-state index in [0.29, 0.717) is 12.3 Å². The third-order valence-electron chi connectivity index (χ3n) is 2.67. The normalized spacial score (nSPS) is 9.53. The zero-order valence-corrected chi connectivity index (χ0v) is 11.2. The number of unbranched alkanes of at least 4 members (excludes halogenated alkanes) is 2. The zero-order valence-electron chi connectivity index (χ0n) is 11.2. The van der Waals surface area contributed by atoms with E-state index in [2.05, 4.69) is 11.6 Å². The third kappa shape index (κ3) is 6.43. The molecule has 0 aliphatic heterocycles. The van der Waals surface area contributed by atoms with E-state index >= 15 is 0 Å². The SMILES string of the molecule is C=C(CCCCCOc1ccc(N=C=O)cc1)OC. The summed E-state index contributed by atoms with van der Waals surface area (Å²) in [7, 11) is 1.64. The first-order chi connectivity index (χ1) is 9.26. The molecule has 0 aliphatic carbocycles. The van der Waals surface area contributed by atoms with E-state index in [0.717, 1.165) is 37.2 Å².